The molecule has 0 fully saturated rings. The Morgan fingerprint density at radius 2 is 1.89 bits per heavy atom. The number of ether oxygens (including phenoxy) is 1. The Balaban J connectivity index is 1.95. The topological polar surface area (TPSA) is 90.9 Å². The molecule has 3 rings (SSSR count). The van der Waals surface area contributed by atoms with E-state index in [2.05, 4.69) is 10.6 Å². The van der Waals surface area contributed by atoms with E-state index >= 15 is 0 Å². The standard InChI is InChI=1S/C20H23N3O4/c1-2-27-14-8-13-21-18(24)20(26)16-11-6-7-12-17(16)22-19(25)23(20)15-9-4-3-5-10-15/h3-7,9-12,26H,2,8,13-14H2,1H3,(H,21,24)(H,22,25). The number of amides is 3. The van der Waals surface area contributed by atoms with Gasteiger partial charge in [-0.2, -0.15) is 0 Å². The van der Waals surface area contributed by atoms with Gasteiger partial charge in [-0.3, -0.25) is 9.69 Å². The Morgan fingerprint density at radius 1 is 1.19 bits per heavy atom. The van der Waals surface area contributed by atoms with Gasteiger partial charge in [0.15, 0.2) is 0 Å². The van der Waals surface area contributed by atoms with Crippen LogP contribution in [0, 0.1) is 0 Å². The molecule has 1 aliphatic rings. The van der Waals surface area contributed by atoms with Crippen LogP contribution in [0.15, 0.2) is 54.6 Å². The fourth-order valence-electron chi connectivity index (χ4n) is 3.08. The maximum absolute atomic E-state index is 13.0. The van der Waals surface area contributed by atoms with Gasteiger partial charge in [0.1, 0.15) is 0 Å². The Bertz CT molecular complexity index is 812. The maximum atomic E-state index is 13.0. The molecule has 0 aromatic heterocycles. The summed E-state index contributed by atoms with van der Waals surface area (Å²) < 4.78 is 5.26. The predicted octanol–water partition coefficient (Wildman–Crippen LogP) is 2.43. The van der Waals surface area contributed by atoms with Gasteiger partial charge in [-0.05, 0) is 31.5 Å². The number of aliphatic hydroxyl groups is 1. The maximum Gasteiger partial charge on any atom is 0.329 e. The zero-order valence-electron chi connectivity index (χ0n) is 15.1. The highest BCUT2D eigenvalue weighted by Gasteiger charge is 2.51. The third-order valence-electron chi connectivity index (χ3n) is 4.36. The largest absolute Gasteiger partial charge is 0.382 e. The van der Waals surface area contributed by atoms with Crippen molar-refractivity contribution in [2.24, 2.45) is 0 Å². The monoisotopic (exact) mass is 369 g/mol. The van der Waals surface area contributed by atoms with Gasteiger partial charge in [0.05, 0.1) is 5.69 Å². The average Bonchev–Trinajstić information content (AvgIpc) is 2.68. The van der Waals surface area contributed by atoms with Gasteiger partial charge in [-0.1, -0.05) is 36.4 Å². The summed E-state index contributed by atoms with van der Waals surface area (Å²) in [7, 11) is 0. The number of urea groups is 1. The van der Waals surface area contributed by atoms with Crippen LogP contribution < -0.4 is 15.5 Å². The number of hydrogen-bond acceptors (Lipinski definition) is 4. The predicted molar refractivity (Wildman–Crippen MR) is 102 cm³/mol. The van der Waals surface area contributed by atoms with Crippen molar-refractivity contribution in [1.29, 1.82) is 0 Å². The lowest BCUT2D eigenvalue weighted by molar-refractivity contribution is -0.140. The van der Waals surface area contributed by atoms with Gasteiger partial charge in [-0.25, -0.2) is 4.79 Å². The molecule has 0 bridgehead atoms. The number of nitrogens with zero attached hydrogens (tertiary/aromatic N) is 1. The minimum atomic E-state index is -2.16. The molecule has 142 valence electrons. The van der Waals surface area contributed by atoms with Gasteiger partial charge in [-0.15, -0.1) is 0 Å². The summed E-state index contributed by atoms with van der Waals surface area (Å²) in [5.74, 6) is -0.662. The first-order valence-electron chi connectivity index (χ1n) is 8.93. The summed E-state index contributed by atoms with van der Waals surface area (Å²) in [6.45, 7) is 3.34. The Hall–Kier alpha value is -2.90. The van der Waals surface area contributed by atoms with E-state index in [9.17, 15) is 14.7 Å². The van der Waals surface area contributed by atoms with Gasteiger partial charge in [0.2, 0.25) is 0 Å². The summed E-state index contributed by atoms with van der Waals surface area (Å²) in [6.07, 6.45) is 0.606. The van der Waals surface area contributed by atoms with Crippen LogP contribution in [0.5, 0.6) is 0 Å². The Kier molecular flexibility index (Phi) is 5.73. The summed E-state index contributed by atoms with van der Waals surface area (Å²) >= 11 is 0. The molecule has 0 saturated heterocycles. The molecule has 7 nitrogen and oxygen atoms in total. The SMILES string of the molecule is CCOCCCNC(=O)C1(O)c2ccccc2NC(=O)N1c1ccccc1. The number of benzene rings is 2. The zero-order valence-corrected chi connectivity index (χ0v) is 15.1. The first kappa shape index (κ1) is 18.9. The molecule has 3 amide bonds. The first-order chi connectivity index (χ1) is 13.1. The highest BCUT2D eigenvalue weighted by atomic mass is 16.5. The van der Waals surface area contributed by atoms with E-state index in [4.69, 9.17) is 4.74 Å². The molecule has 2 aromatic rings. The van der Waals surface area contributed by atoms with E-state index in [1.165, 1.54) is 0 Å². The van der Waals surface area contributed by atoms with Crippen molar-refractivity contribution >= 4 is 23.3 Å². The lowest BCUT2D eigenvalue weighted by Gasteiger charge is -2.42. The molecule has 1 aliphatic heterocycles. The van der Waals surface area contributed by atoms with Crippen molar-refractivity contribution < 1.29 is 19.4 Å². The first-order valence-corrected chi connectivity index (χ1v) is 8.93. The Labute approximate surface area is 157 Å². The smallest absolute Gasteiger partial charge is 0.329 e. The molecule has 0 radical (unpaired) electrons. The van der Waals surface area contributed by atoms with Crippen molar-refractivity contribution in [3.63, 3.8) is 0 Å². The third kappa shape index (κ3) is 3.65. The zero-order chi connectivity index (χ0) is 19.3. The van der Waals surface area contributed by atoms with Crippen LogP contribution in [0.25, 0.3) is 0 Å². The lowest BCUT2D eigenvalue weighted by Crippen LogP contribution is -2.62. The van der Waals surface area contributed by atoms with Gasteiger partial charge >= 0.3 is 6.03 Å². The summed E-state index contributed by atoms with van der Waals surface area (Å²) in [5, 5.41) is 17.0. The molecule has 1 heterocycles. The van der Waals surface area contributed by atoms with Gasteiger partial charge in [0.25, 0.3) is 11.6 Å². The van der Waals surface area contributed by atoms with E-state index in [-0.39, 0.29) is 0 Å². The van der Waals surface area contributed by atoms with E-state index in [1.807, 2.05) is 6.92 Å². The minimum absolute atomic E-state index is 0.316. The summed E-state index contributed by atoms with van der Waals surface area (Å²) in [4.78, 5) is 26.8. The number of anilines is 2. The number of carbonyl (C=O) groups excluding carboxylic acids is 2. The fraction of sp³-hybridized carbons (Fsp3) is 0.300. The molecular formula is C20H23N3O4. The number of para-hydroxylation sites is 2. The molecule has 0 spiro atoms. The number of carbonyl (C=O) groups is 2. The van der Waals surface area contributed by atoms with E-state index in [0.29, 0.717) is 43.1 Å². The van der Waals surface area contributed by atoms with Crippen molar-refractivity contribution in [2.75, 3.05) is 30.0 Å². The normalized spacial score (nSPS) is 18.6. The van der Waals surface area contributed by atoms with Crippen LogP contribution in [-0.2, 0) is 15.3 Å². The molecule has 1 atom stereocenters. The lowest BCUT2D eigenvalue weighted by atomic mass is 9.95. The van der Waals surface area contributed by atoms with Crippen LogP contribution in [-0.4, -0.2) is 36.8 Å². The molecule has 3 N–H and O–H groups in total. The molecule has 1 unspecified atom stereocenters. The van der Waals surface area contributed by atoms with Crippen LogP contribution in [0.4, 0.5) is 16.2 Å². The Morgan fingerprint density at radius 3 is 2.63 bits per heavy atom. The number of nitrogens with one attached hydrogen (secondary N) is 2. The van der Waals surface area contributed by atoms with Gasteiger partial charge < -0.3 is 20.5 Å². The van der Waals surface area contributed by atoms with Crippen molar-refractivity contribution in [1.82, 2.24) is 5.32 Å². The third-order valence-corrected chi connectivity index (χ3v) is 4.36. The number of rotatable bonds is 7. The molecule has 2 aromatic carbocycles. The number of hydrogen-bond donors (Lipinski definition) is 3. The van der Waals surface area contributed by atoms with Crippen LogP contribution in [0.1, 0.15) is 18.9 Å². The fourth-order valence-corrected chi connectivity index (χ4v) is 3.08. The van der Waals surface area contributed by atoms with Gasteiger partial charge in [0, 0.05) is 31.0 Å². The minimum Gasteiger partial charge on any atom is -0.382 e. The molecule has 27 heavy (non-hydrogen) atoms. The number of fused-ring (bicyclic) bond motifs is 1. The van der Waals surface area contributed by atoms with Crippen LogP contribution in [0.3, 0.4) is 0 Å². The van der Waals surface area contributed by atoms with Crippen molar-refractivity contribution in [2.45, 2.75) is 19.1 Å². The second kappa shape index (κ2) is 8.20. The van der Waals surface area contributed by atoms with Crippen LogP contribution in [0.2, 0.25) is 0 Å². The molecule has 7 heteroatoms. The van der Waals surface area contributed by atoms with E-state index < -0.39 is 17.7 Å². The molecule has 0 aliphatic carbocycles. The van der Waals surface area contributed by atoms with Crippen LogP contribution >= 0.6 is 0 Å². The summed E-state index contributed by atoms with van der Waals surface area (Å²) in [5.41, 5.74) is -1.03. The quantitative estimate of drug-likeness (QED) is 0.654. The van der Waals surface area contributed by atoms with E-state index in [0.717, 1.165) is 4.90 Å². The summed E-state index contributed by atoms with van der Waals surface area (Å²) in [6, 6.07) is 14.8. The molecular weight excluding hydrogens is 346 g/mol. The second-order valence-corrected chi connectivity index (χ2v) is 6.13. The highest BCUT2D eigenvalue weighted by molar-refractivity contribution is 6.11. The van der Waals surface area contributed by atoms with Crippen molar-refractivity contribution in [3.8, 4) is 0 Å². The van der Waals surface area contributed by atoms with Crippen molar-refractivity contribution in [3.05, 3.63) is 60.2 Å². The highest BCUT2D eigenvalue weighted by Crippen LogP contribution is 2.39. The molecule has 0 saturated carbocycles. The van der Waals surface area contributed by atoms with E-state index in [1.54, 1.807) is 54.6 Å². The second-order valence-electron chi connectivity index (χ2n) is 6.13. The average molecular weight is 369 g/mol.